The Morgan fingerprint density at radius 2 is 1.89 bits per heavy atom. The first-order valence-corrected chi connectivity index (χ1v) is 8.56. The summed E-state index contributed by atoms with van der Waals surface area (Å²) in [6.07, 6.45) is 3.83. The molecule has 3 rings (SSSR count). The lowest BCUT2D eigenvalue weighted by Crippen LogP contribution is -2.26. The van der Waals surface area contributed by atoms with Gasteiger partial charge in [0.05, 0.1) is 23.7 Å². The van der Waals surface area contributed by atoms with E-state index in [1.807, 2.05) is 12.1 Å². The summed E-state index contributed by atoms with van der Waals surface area (Å²) in [5, 5.41) is 20.3. The third-order valence-corrected chi connectivity index (χ3v) is 4.39. The number of amides is 1. The number of hydrogen-bond donors (Lipinski definition) is 3. The summed E-state index contributed by atoms with van der Waals surface area (Å²) < 4.78 is 1.76. The SMILES string of the molecule is N#Cc1ccc(-n2nc(CC(N)=O)nc2C2CCC(N)CC2)cc1.O=CO. The average Bonchev–Trinajstić information content (AvgIpc) is 3.06. The molecule has 0 atom stereocenters. The fourth-order valence-corrected chi connectivity index (χ4v) is 3.11. The van der Waals surface area contributed by atoms with Gasteiger partial charge in [-0.15, -0.1) is 0 Å². The number of nitrogens with zero attached hydrogens (tertiary/aromatic N) is 4. The number of aromatic nitrogens is 3. The molecule has 1 heterocycles. The molecule has 9 nitrogen and oxygen atoms in total. The van der Waals surface area contributed by atoms with E-state index in [4.69, 9.17) is 26.6 Å². The van der Waals surface area contributed by atoms with Crippen LogP contribution in [0, 0.1) is 11.3 Å². The smallest absolute Gasteiger partial charge is 0.290 e. The molecule has 1 saturated carbocycles. The van der Waals surface area contributed by atoms with Gasteiger partial charge in [-0.2, -0.15) is 10.4 Å². The van der Waals surface area contributed by atoms with Gasteiger partial charge in [-0.3, -0.25) is 9.59 Å². The van der Waals surface area contributed by atoms with Crippen LogP contribution in [-0.4, -0.2) is 38.3 Å². The highest BCUT2D eigenvalue weighted by molar-refractivity contribution is 5.75. The molecule has 1 aliphatic carbocycles. The standard InChI is InChI=1S/C17H20N6O.CH2O2/c18-10-11-1-7-14(8-2-11)23-17(12-3-5-13(19)6-4-12)21-16(22-23)9-15(20)24;2-1-3/h1-2,7-8,12-13H,3-6,9,19H2,(H2,20,24);1H,(H,2,3). The zero-order chi connectivity index (χ0) is 19.8. The Morgan fingerprint density at radius 1 is 1.30 bits per heavy atom. The van der Waals surface area contributed by atoms with Crippen LogP contribution in [0.3, 0.4) is 0 Å². The highest BCUT2D eigenvalue weighted by Crippen LogP contribution is 2.32. The lowest BCUT2D eigenvalue weighted by molar-refractivity contribution is -0.123. The van der Waals surface area contributed by atoms with E-state index in [9.17, 15) is 4.79 Å². The molecule has 1 aromatic heterocycles. The maximum absolute atomic E-state index is 11.2. The van der Waals surface area contributed by atoms with Crippen molar-refractivity contribution < 1.29 is 14.7 Å². The maximum atomic E-state index is 11.2. The van der Waals surface area contributed by atoms with Crippen molar-refractivity contribution in [3.05, 3.63) is 41.5 Å². The van der Waals surface area contributed by atoms with Crippen LogP contribution >= 0.6 is 0 Å². The second-order valence-corrected chi connectivity index (χ2v) is 6.32. The summed E-state index contributed by atoms with van der Waals surface area (Å²) >= 11 is 0. The van der Waals surface area contributed by atoms with E-state index >= 15 is 0 Å². The van der Waals surface area contributed by atoms with E-state index in [2.05, 4.69) is 16.2 Å². The van der Waals surface area contributed by atoms with E-state index in [-0.39, 0.29) is 24.9 Å². The van der Waals surface area contributed by atoms with E-state index in [0.717, 1.165) is 37.2 Å². The molecular weight excluding hydrogens is 348 g/mol. The molecule has 1 aromatic carbocycles. The third-order valence-electron chi connectivity index (χ3n) is 4.39. The Morgan fingerprint density at radius 3 is 2.41 bits per heavy atom. The van der Waals surface area contributed by atoms with Crippen LogP contribution in [0.4, 0.5) is 0 Å². The van der Waals surface area contributed by atoms with Crippen LogP contribution in [-0.2, 0) is 16.0 Å². The predicted octanol–water partition coefficient (Wildman–Crippen LogP) is 0.852. The fourth-order valence-electron chi connectivity index (χ4n) is 3.11. The van der Waals surface area contributed by atoms with E-state index < -0.39 is 5.91 Å². The number of nitriles is 1. The van der Waals surface area contributed by atoms with Gasteiger partial charge >= 0.3 is 0 Å². The molecule has 0 unspecified atom stereocenters. The van der Waals surface area contributed by atoms with Crippen molar-refractivity contribution in [2.75, 3.05) is 0 Å². The molecule has 27 heavy (non-hydrogen) atoms. The molecular formula is C18H22N6O3. The number of nitrogens with two attached hydrogens (primary N) is 2. The fraction of sp³-hybridized carbons (Fsp3) is 0.389. The zero-order valence-electron chi connectivity index (χ0n) is 14.8. The number of hydrogen-bond acceptors (Lipinski definition) is 6. The number of carboxylic acid groups (broad SMARTS) is 1. The van der Waals surface area contributed by atoms with Gasteiger partial charge in [0.25, 0.3) is 6.47 Å². The van der Waals surface area contributed by atoms with Gasteiger partial charge in [0.1, 0.15) is 5.82 Å². The zero-order valence-corrected chi connectivity index (χ0v) is 14.8. The van der Waals surface area contributed by atoms with Crippen molar-refractivity contribution in [3.8, 4) is 11.8 Å². The normalized spacial score (nSPS) is 18.7. The Labute approximate surface area is 156 Å². The minimum absolute atomic E-state index is 0.0164. The van der Waals surface area contributed by atoms with Crippen molar-refractivity contribution >= 4 is 12.4 Å². The van der Waals surface area contributed by atoms with E-state index in [0.29, 0.717) is 11.4 Å². The minimum atomic E-state index is -0.454. The molecule has 0 bridgehead atoms. The molecule has 1 aliphatic rings. The van der Waals surface area contributed by atoms with Gasteiger partial charge in [0, 0.05) is 12.0 Å². The van der Waals surface area contributed by atoms with Crippen LogP contribution in [0.1, 0.15) is 48.8 Å². The first-order chi connectivity index (χ1) is 13.0. The summed E-state index contributed by atoms with van der Waals surface area (Å²) in [6.45, 7) is -0.250. The lowest BCUT2D eigenvalue weighted by Gasteiger charge is -2.25. The molecule has 0 radical (unpaired) electrons. The molecule has 142 valence electrons. The van der Waals surface area contributed by atoms with E-state index in [1.165, 1.54) is 0 Å². The van der Waals surface area contributed by atoms with Gasteiger partial charge < -0.3 is 16.6 Å². The van der Waals surface area contributed by atoms with Gasteiger partial charge in [-0.05, 0) is 49.9 Å². The van der Waals surface area contributed by atoms with Crippen LogP contribution in [0.15, 0.2) is 24.3 Å². The molecule has 0 spiro atoms. The van der Waals surface area contributed by atoms with Crippen LogP contribution < -0.4 is 11.5 Å². The number of carbonyl (C=O) groups excluding carboxylic acids is 1. The molecule has 0 aliphatic heterocycles. The summed E-state index contributed by atoms with van der Waals surface area (Å²) in [5.41, 5.74) is 12.7. The molecule has 5 N–H and O–H groups in total. The second kappa shape index (κ2) is 9.45. The monoisotopic (exact) mass is 370 g/mol. The summed E-state index contributed by atoms with van der Waals surface area (Å²) in [4.78, 5) is 24.1. The van der Waals surface area contributed by atoms with Crippen LogP contribution in [0.2, 0.25) is 0 Å². The van der Waals surface area contributed by atoms with Crippen molar-refractivity contribution in [1.29, 1.82) is 5.26 Å². The number of carbonyl (C=O) groups is 2. The summed E-state index contributed by atoms with van der Waals surface area (Å²) in [5.74, 6) is 1.07. The van der Waals surface area contributed by atoms with Gasteiger partial charge in [0.2, 0.25) is 5.91 Å². The summed E-state index contributed by atoms with van der Waals surface area (Å²) in [7, 11) is 0. The Balaban J connectivity index is 0.000000817. The highest BCUT2D eigenvalue weighted by atomic mass is 16.3. The summed E-state index contributed by atoms with van der Waals surface area (Å²) in [6, 6.07) is 9.50. The highest BCUT2D eigenvalue weighted by Gasteiger charge is 2.26. The minimum Gasteiger partial charge on any atom is -0.483 e. The first-order valence-electron chi connectivity index (χ1n) is 8.56. The molecule has 9 heteroatoms. The largest absolute Gasteiger partial charge is 0.483 e. The molecule has 1 amide bonds. The molecule has 0 saturated heterocycles. The molecule has 2 aromatic rings. The van der Waals surface area contributed by atoms with Crippen molar-refractivity contribution in [2.45, 2.75) is 44.1 Å². The topological polar surface area (TPSA) is 161 Å². The van der Waals surface area contributed by atoms with Crippen LogP contribution in [0.5, 0.6) is 0 Å². The Hall–Kier alpha value is -3.25. The lowest BCUT2D eigenvalue weighted by atomic mass is 9.86. The Bertz CT molecular complexity index is 817. The first kappa shape index (κ1) is 20.1. The Kier molecular flexibility index (Phi) is 7.02. The maximum Gasteiger partial charge on any atom is 0.290 e. The second-order valence-electron chi connectivity index (χ2n) is 6.32. The predicted molar refractivity (Wildman–Crippen MR) is 96.8 cm³/mol. The number of rotatable bonds is 4. The number of primary amides is 1. The van der Waals surface area contributed by atoms with Crippen LogP contribution in [0.25, 0.3) is 5.69 Å². The van der Waals surface area contributed by atoms with Crippen molar-refractivity contribution in [3.63, 3.8) is 0 Å². The molecule has 1 fully saturated rings. The van der Waals surface area contributed by atoms with Gasteiger partial charge in [-0.25, -0.2) is 9.67 Å². The third kappa shape index (κ3) is 5.36. The number of benzene rings is 1. The van der Waals surface area contributed by atoms with E-state index in [1.54, 1.807) is 16.8 Å². The van der Waals surface area contributed by atoms with Gasteiger partial charge in [0.15, 0.2) is 5.82 Å². The van der Waals surface area contributed by atoms with Crippen molar-refractivity contribution in [2.24, 2.45) is 11.5 Å². The van der Waals surface area contributed by atoms with Crippen molar-refractivity contribution in [1.82, 2.24) is 14.8 Å². The van der Waals surface area contributed by atoms with Gasteiger partial charge in [-0.1, -0.05) is 0 Å². The quantitative estimate of drug-likeness (QED) is 0.672. The average molecular weight is 370 g/mol.